The number of hydrogen-bond acceptors (Lipinski definition) is 3. The fourth-order valence-electron chi connectivity index (χ4n) is 2.72. The number of hydrogen-bond donors (Lipinski definition) is 1. The van der Waals surface area contributed by atoms with E-state index in [0.29, 0.717) is 29.5 Å². The van der Waals surface area contributed by atoms with E-state index < -0.39 is 24.5 Å². The van der Waals surface area contributed by atoms with Crippen LogP contribution in [0.4, 0.5) is 8.78 Å². The number of nitrogens with two attached hydrogens (primary N) is 1. The van der Waals surface area contributed by atoms with Crippen molar-refractivity contribution < 1.29 is 18.3 Å². The maximum Gasteiger partial charge on any atom is 0.267 e. The average Bonchev–Trinajstić information content (AvgIpc) is 2.53. The standard InChI is InChI=1S/C17H16F2N2O2/c1-9-2-4-11(14(19)6-9)13-7-15(16(20)22)21-17-12(13)5-3-10(8-18)23-17/h2,4,6-7,10H,3,5,8H2,1H3,(H2,20,22)/t10-/m0/s1. The molecule has 23 heavy (non-hydrogen) atoms. The van der Waals surface area contributed by atoms with Crippen LogP contribution in [0.3, 0.4) is 0 Å². The molecule has 0 unspecified atom stereocenters. The molecule has 4 nitrogen and oxygen atoms in total. The molecule has 0 saturated carbocycles. The minimum atomic E-state index is -0.743. The van der Waals surface area contributed by atoms with Crippen molar-refractivity contribution in [1.29, 1.82) is 0 Å². The molecule has 1 aliphatic rings. The van der Waals surface area contributed by atoms with Gasteiger partial charge in [-0.05, 0) is 43.0 Å². The molecule has 0 spiro atoms. The molecule has 2 heterocycles. The highest BCUT2D eigenvalue weighted by atomic mass is 19.1. The van der Waals surface area contributed by atoms with Crippen molar-refractivity contribution >= 4 is 5.91 Å². The summed E-state index contributed by atoms with van der Waals surface area (Å²) in [6.07, 6.45) is 0.369. The summed E-state index contributed by atoms with van der Waals surface area (Å²) in [5, 5.41) is 0. The number of carbonyl (C=O) groups is 1. The maximum atomic E-state index is 14.3. The number of halogens is 2. The molecule has 0 aliphatic carbocycles. The second-order valence-corrected chi connectivity index (χ2v) is 5.62. The Kier molecular flexibility index (Phi) is 3.98. The summed E-state index contributed by atoms with van der Waals surface area (Å²) < 4.78 is 32.7. The minimum absolute atomic E-state index is 0.0294. The number of aromatic nitrogens is 1. The monoisotopic (exact) mass is 318 g/mol. The first-order valence-corrected chi connectivity index (χ1v) is 7.32. The molecule has 3 rings (SSSR count). The number of primary amides is 1. The van der Waals surface area contributed by atoms with E-state index in [-0.39, 0.29) is 11.6 Å². The van der Waals surface area contributed by atoms with E-state index in [9.17, 15) is 13.6 Å². The van der Waals surface area contributed by atoms with E-state index in [0.717, 1.165) is 5.56 Å². The summed E-state index contributed by atoms with van der Waals surface area (Å²) in [6.45, 7) is 1.15. The number of ether oxygens (including phenoxy) is 1. The third-order valence-corrected chi connectivity index (χ3v) is 3.92. The molecule has 1 amide bonds. The minimum Gasteiger partial charge on any atom is -0.471 e. The Balaban J connectivity index is 2.19. The third kappa shape index (κ3) is 2.88. The molecule has 120 valence electrons. The van der Waals surface area contributed by atoms with Gasteiger partial charge >= 0.3 is 0 Å². The van der Waals surface area contributed by atoms with E-state index in [4.69, 9.17) is 10.5 Å². The second kappa shape index (κ2) is 5.95. The van der Waals surface area contributed by atoms with Crippen LogP contribution in [-0.2, 0) is 6.42 Å². The van der Waals surface area contributed by atoms with Crippen molar-refractivity contribution in [3.63, 3.8) is 0 Å². The van der Waals surface area contributed by atoms with Crippen LogP contribution in [0.5, 0.6) is 5.88 Å². The number of benzene rings is 1. The average molecular weight is 318 g/mol. The zero-order chi connectivity index (χ0) is 16.6. The van der Waals surface area contributed by atoms with E-state index >= 15 is 0 Å². The Bertz CT molecular complexity index is 777. The van der Waals surface area contributed by atoms with E-state index in [1.54, 1.807) is 19.1 Å². The second-order valence-electron chi connectivity index (χ2n) is 5.62. The maximum absolute atomic E-state index is 14.3. The lowest BCUT2D eigenvalue weighted by Crippen LogP contribution is -2.27. The largest absolute Gasteiger partial charge is 0.471 e. The van der Waals surface area contributed by atoms with Gasteiger partial charge in [0.15, 0.2) is 0 Å². The summed E-state index contributed by atoms with van der Waals surface area (Å²) in [6, 6.07) is 6.31. The number of rotatable bonds is 3. The van der Waals surface area contributed by atoms with Gasteiger partial charge in [0, 0.05) is 11.1 Å². The zero-order valence-electron chi connectivity index (χ0n) is 12.6. The summed E-state index contributed by atoms with van der Waals surface area (Å²) in [5.74, 6) is -0.987. The Hall–Kier alpha value is -2.50. The van der Waals surface area contributed by atoms with Crippen LogP contribution < -0.4 is 10.5 Å². The fraction of sp³-hybridized carbons (Fsp3) is 0.294. The Labute approximate surface area is 132 Å². The van der Waals surface area contributed by atoms with Gasteiger partial charge in [-0.3, -0.25) is 4.79 Å². The van der Waals surface area contributed by atoms with Crippen LogP contribution in [0, 0.1) is 12.7 Å². The predicted octanol–water partition coefficient (Wildman–Crippen LogP) is 2.96. The van der Waals surface area contributed by atoms with Crippen molar-refractivity contribution in [3.8, 4) is 17.0 Å². The number of amides is 1. The predicted molar refractivity (Wildman–Crippen MR) is 81.6 cm³/mol. The molecule has 6 heteroatoms. The van der Waals surface area contributed by atoms with Gasteiger partial charge in [0.1, 0.15) is 24.3 Å². The van der Waals surface area contributed by atoms with Crippen LogP contribution in [0.15, 0.2) is 24.3 Å². The van der Waals surface area contributed by atoms with Crippen LogP contribution in [0.1, 0.15) is 28.0 Å². The summed E-state index contributed by atoms with van der Waals surface area (Å²) in [7, 11) is 0. The fourth-order valence-corrected chi connectivity index (χ4v) is 2.72. The number of nitrogens with zero attached hydrogens (tertiary/aromatic N) is 1. The highest BCUT2D eigenvalue weighted by Crippen LogP contribution is 2.36. The lowest BCUT2D eigenvalue weighted by atomic mass is 9.93. The molecule has 1 aromatic heterocycles. The molecule has 0 saturated heterocycles. The summed E-state index contributed by atoms with van der Waals surface area (Å²) in [4.78, 5) is 15.6. The number of fused-ring (bicyclic) bond motifs is 1. The van der Waals surface area contributed by atoms with Gasteiger partial charge in [0.05, 0.1) is 0 Å². The summed E-state index contributed by atoms with van der Waals surface area (Å²) >= 11 is 0. The van der Waals surface area contributed by atoms with Crippen molar-refractivity contribution in [2.75, 3.05) is 6.67 Å². The molecule has 0 radical (unpaired) electrons. The van der Waals surface area contributed by atoms with Gasteiger partial charge in [0.2, 0.25) is 5.88 Å². The highest BCUT2D eigenvalue weighted by molar-refractivity contribution is 5.93. The van der Waals surface area contributed by atoms with Crippen LogP contribution in [0.25, 0.3) is 11.1 Å². The van der Waals surface area contributed by atoms with Crippen LogP contribution >= 0.6 is 0 Å². The van der Waals surface area contributed by atoms with Gasteiger partial charge in [-0.15, -0.1) is 0 Å². The molecule has 2 N–H and O–H groups in total. The molecule has 1 aliphatic heterocycles. The topological polar surface area (TPSA) is 65.2 Å². The highest BCUT2D eigenvalue weighted by Gasteiger charge is 2.26. The molecular weight excluding hydrogens is 302 g/mol. The van der Waals surface area contributed by atoms with Crippen molar-refractivity contribution in [2.24, 2.45) is 5.73 Å². The Morgan fingerprint density at radius 1 is 1.39 bits per heavy atom. The number of aryl methyl sites for hydroxylation is 1. The normalized spacial score (nSPS) is 16.6. The van der Waals surface area contributed by atoms with Gasteiger partial charge in [-0.2, -0.15) is 0 Å². The SMILES string of the molecule is Cc1ccc(-c2cc(C(N)=O)nc3c2CC[C@@H](CF)O3)c(F)c1. The lowest BCUT2D eigenvalue weighted by molar-refractivity contribution is 0.0989. The Morgan fingerprint density at radius 2 is 2.17 bits per heavy atom. The molecule has 0 fully saturated rings. The van der Waals surface area contributed by atoms with Crippen molar-refractivity contribution in [1.82, 2.24) is 4.98 Å². The number of pyridine rings is 1. The molecule has 1 aromatic carbocycles. The third-order valence-electron chi connectivity index (χ3n) is 3.92. The molecule has 0 bridgehead atoms. The zero-order valence-corrected chi connectivity index (χ0v) is 12.6. The lowest BCUT2D eigenvalue weighted by Gasteiger charge is -2.25. The first kappa shape index (κ1) is 15.4. The van der Waals surface area contributed by atoms with Crippen LogP contribution in [-0.4, -0.2) is 23.7 Å². The Morgan fingerprint density at radius 3 is 2.83 bits per heavy atom. The first-order chi connectivity index (χ1) is 11.0. The number of alkyl halides is 1. The van der Waals surface area contributed by atoms with Gasteiger partial charge in [-0.1, -0.05) is 12.1 Å². The smallest absolute Gasteiger partial charge is 0.267 e. The van der Waals surface area contributed by atoms with E-state index in [1.807, 2.05) is 0 Å². The van der Waals surface area contributed by atoms with Crippen molar-refractivity contribution in [3.05, 3.63) is 46.9 Å². The van der Waals surface area contributed by atoms with Gasteiger partial charge in [0.25, 0.3) is 5.91 Å². The van der Waals surface area contributed by atoms with Gasteiger partial charge in [-0.25, -0.2) is 13.8 Å². The van der Waals surface area contributed by atoms with E-state index in [1.165, 1.54) is 12.1 Å². The first-order valence-electron chi connectivity index (χ1n) is 7.32. The van der Waals surface area contributed by atoms with Crippen molar-refractivity contribution in [2.45, 2.75) is 25.9 Å². The molecule has 1 atom stereocenters. The molecular formula is C17H16F2N2O2. The van der Waals surface area contributed by atoms with E-state index in [2.05, 4.69) is 4.98 Å². The number of carbonyl (C=O) groups excluding carboxylic acids is 1. The molecule has 2 aromatic rings. The van der Waals surface area contributed by atoms with Gasteiger partial charge < -0.3 is 10.5 Å². The summed E-state index contributed by atoms with van der Waals surface area (Å²) in [5.41, 5.74) is 7.59. The van der Waals surface area contributed by atoms with Crippen LogP contribution in [0.2, 0.25) is 0 Å². The quantitative estimate of drug-likeness (QED) is 0.946.